The fourth-order valence-electron chi connectivity index (χ4n) is 1.98. The molecule has 0 atom stereocenters. The van der Waals surface area contributed by atoms with Crippen molar-refractivity contribution in [3.8, 4) is 0 Å². The van der Waals surface area contributed by atoms with E-state index in [1.807, 2.05) is 18.2 Å². The smallest absolute Gasteiger partial charge is 0.354 e. The standard InChI is InChI=1S/C14H10ClN3O2/c15-11-4-2-1-3-10(11)8-18-13-9(7-16-18)5-6-12(17-13)14(19)20/h1-7H,8H2,(H,19,20). The molecule has 0 radical (unpaired) electrons. The Morgan fingerprint density at radius 1 is 1.25 bits per heavy atom. The van der Waals surface area contributed by atoms with Crippen molar-refractivity contribution in [1.29, 1.82) is 0 Å². The van der Waals surface area contributed by atoms with Crippen LogP contribution in [0.3, 0.4) is 0 Å². The number of pyridine rings is 1. The lowest BCUT2D eigenvalue weighted by Crippen LogP contribution is -2.06. The largest absolute Gasteiger partial charge is 0.477 e. The highest BCUT2D eigenvalue weighted by atomic mass is 35.5. The van der Waals surface area contributed by atoms with Crippen LogP contribution >= 0.6 is 11.6 Å². The summed E-state index contributed by atoms with van der Waals surface area (Å²) in [6, 6.07) is 10.6. The minimum absolute atomic E-state index is 0.00147. The number of nitrogens with zero attached hydrogens (tertiary/aromatic N) is 3. The Bertz CT molecular complexity index is 798. The van der Waals surface area contributed by atoms with E-state index in [1.54, 1.807) is 23.0 Å². The van der Waals surface area contributed by atoms with E-state index >= 15 is 0 Å². The monoisotopic (exact) mass is 287 g/mol. The van der Waals surface area contributed by atoms with E-state index < -0.39 is 5.97 Å². The summed E-state index contributed by atoms with van der Waals surface area (Å²) in [6.07, 6.45) is 1.66. The minimum atomic E-state index is -1.06. The number of carboxylic acid groups (broad SMARTS) is 1. The van der Waals surface area contributed by atoms with Crippen molar-refractivity contribution in [2.75, 3.05) is 0 Å². The second-order valence-corrected chi connectivity index (χ2v) is 4.72. The molecule has 0 spiro atoms. The Balaban J connectivity index is 2.06. The van der Waals surface area contributed by atoms with Gasteiger partial charge in [-0.15, -0.1) is 0 Å². The average molecular weight is 288 g/mol. The first-order chi connectivity index (χ1) is 9.65. The molecule has 6 heteroatoms. The van der Waals surface area contributed by atoms with Crippen LogP contribution in [0.15, 0.2) is 42.6 Å². The van der Waals surface area contributed by atoms with Gasteiger partial charge in [-0.1, -0.05) is 29.8 Å². The van der Waals surface area contributed by atoms with Crippen molar-refractivity contribution < 1.29 is 9.90 Å². The van der Waals surface area contributed by atoms with Crippen LogP contribution in [0.2, 0.25) is 5.02 Å². The van der Waals surface area contributed by atoms with Gasteiger partial charge >= 0.3 is 5.97 Å². The van der Waals surface area contributed by atoms with Crippen molar-refractivity contribution in [2.24, 2.45) is 0 Å². The van der Waals surface area contributed by atoms with Gasteiger partial charge in [0.25, 0.3) is 0 Å². The molecule has 5 nitrogen and oxygen atoms in total. The van der Waals surface area contributed by atoms with Gasteiger partial charge in [-0.2, -0.15) is 5.10 Å². The van der Waals surface area contributed by atoms with Crippen LogP contribution in [0.25, 0.3) is 11.0 Å². The normalized spacial score (nSPS) is 10.8. The molecule has 2 heterocycles. The summed E-state index contributed by atoms with van der Waals surface area (Å²) < 4.78 is 1.64. The van der Waals surface area contributed by atoms with Crippen molar-refractivity contribution in [3.63, 3.8) is 0 Å². The van der Waals surface area contributed by atoms with Gasteiger partial charge in [-0.25, -0.2) is 14.5 Å². The minimum Gasteiger partial charge on any atom is -0.477 e. The zero-order chi connectivity index (χ0) is 14.1. The van der Waals surface area contributed by atoms with Gasteiger partial charge in [0.15, 0.2) is 11.3 Å². The molecule has 2 aromatic heterocycles. The second-order valence-electron chi connectivity index (χ2n) is 4.31. The number of aromatic nitrogens is 3. The van der Waals surface area contributed by atoms with Crippen LogP contribution in [-0.4, -0.2) is 25.8 Å². The number of carboxylic acids is 1. The highest BCUT2D eigenvalue weighted by molar-refractivity contribution is 6.31. The molecule has 100 valence electrons. The molecule has 3 aromatic rings. The third kappa shape index (κ3) is 2.23. The molecule has 0 fully saturated rings. The molecule has 1 N–H and O–H groups in total. The number of halogens is 1. The summed E-state index contributed by atoms with van der Waals surface area (Å²) in [7, 11) is 0. The van der Waals surface area contributed by atoms with Gasteiger partial charge in [0.05, 0.1) is 12.7 Å². The van der Waals surface area contributed by atoms with Crippen LogP contribution < -0.4 is 0 Å². The van der Waals surface area contributed by atoms with Crippen molar-refractivity contribution >= 4 is 28.6 Å². The van der Waals surface area contributed by atoms with Crippen LogP contribution in [0.5, 0.6) is 0 Å². The molecule has 1 aromatic carbocycles. The van der Waals surface area contributed by atoms with Crippen LogP contribution in [0, 0.1) is 0 Å². The van der Waals surface area contributed by atoms with E-state index in [9.17, 15) is 4.79 Å². The van der Waals surface area contributed by atoms with E-state index in [4.69, 9.17) is 16.7 Å². The molecule has 0 aliphatic rings. The average Bonchev–Trinajstić information content (AvgIpc) is 2.84. The summed E-state index contributed by atoms with van der Waals surface area (Å²) in [5.74, 6) is -1.06. The highest BCUT2D eigenvalue weighted by Crippen LogP contribution is 2.19. The first-order valence-corrected chi connectivity index (χ1v) is 6.32. The van der Waals surface area contributed by atoms with Gasteiger partial charge in [0.1, 0.15) is 0 Å². The number of benzene rings is 1. The first kappa shape index (κ1) is 12.6. The van der Waals surface area contributed by atoms with Gasteiger partial charge in [-0.3, -0.25) is 0 Å². The first-order valence-electron chi connectivity index (χ1n) is 5.94. The summed E-state index contributed by atoms with van der Waals surface area (Å²) >= 11 is 6.12. The highest BCUT2D eigenvalue weighted by Gasteiger charge is 2.10. The maximum atomic E-state index is 11.0. The van der Waals surface area contributed by atoms with Crippen LogP contribution in [-0.2, 0) is 6.54 Å². The quantitative estimate of drug-likeness (QED) is 0.804. The van der Waals surface area contributed by atoms with Crippen LogP contribution in [0.4, 0.5) is 0 Å². The summed E-state index contributed by atoms with van der Waals surface area (Å²) in [5.41, 5.74) is 1.44. The molecule has 0 bridgehead atoms. The Hall–Kier alpha value is -2.40. The van der Waals surface area contributed by atoms with E-state index in [0.29, 0.717) is 17.2 Å². The number of aromatic carboxylic acids is 1. The van der Waals surface area contributed by atoms with E-state index in [2.05, 4.69) is 10.1 Å². The molecule has 20 heavy (non-hydrogen) atoms. The Kier molecular flexibility index (Phi) is 3.12. The maximum absolute atomic E-state index is 11.0. The van der Waals surface area contributed by atoms with Crippen molar-refractivity contribution in [1.82, 2.24) is 14.8 Å². The summed E-state index contributed by atoms with van der Waals surface area (Å²) in [6.45, 7) is 0.444. The second kappa shape index (κ2) is 4.94. The van der Waals surface area contributed by atoms with Crippen molar-refractivity contribution in [2.45, 2.75) is 6.54 Å². The molecular formula is C14H10ClN3O2. The molecule has 0 aliphatic heterocycles. The van der Waals surface area contributed by atoms with Gasteiger partial charge in [0, 0.05) is 10.4 Å². The molecule has 3 rings (SSSR count). The van der Waals surface area contributed by atoms with Gasteiger partial charge < -0.3 is 5.11 Å². The molecule has 0 saturated carbocycles. The fourth-order valence-corrected chi connectivity index (χ4v) is 2.17. The SMILES string of the molecule is O=C(O)c1ccc2cnn(Cc3ccccc3Cl)c2n1. The lowest BCUT2D eigenvalue weighted by atomic mass is 10.2. The molecular weight excluding hydrogens is 278 g/mol. The van der Waals surface area contributed by atoms with E-state index in [-0.39, 0.29) is 5.69 Å². The molecule has 0 aliphatic carbocycles. The van der Waals surface area contributed by atoms with Crippen LogP contribution in [0.1, 0.15) is 16.1 Å². The molecule has 0 amide bonds. The number of hydrogen-bond acceptors (Lipinski definition) is 3. The molecule has 0 unspecified atom stereocenters. The predicted molar refractivity (Wildman–Crippen MR) is 75.0 cm³/mol. The van der Waals surface area contributed by atoms with E-state index in [1.165, 1.54) is 6.07 Å². The third-order valence-electron chi connectivity index (χ3n) is 2.98. The van der Waals surface area contributed by atoms with Gasteiger partial charge in [0.2, 0.25) is 0 Å². The zero-order valence-electron chi connectivity index (χ0n) is 10.3. The number of hydrogen-bond donors (Lipinski definition) is 1. The Morgan fingerprint density at radius 3 is 2.80 bits per heavy atom. The summed E-state index contributed by atoms with van der Waals surface area (Å²) in [5, 5.41) is 14.7. The Labute approximate surface area is 119 Å². The molecule has 0 saturated heterocycles. The predicted octanol–water partition coefficient (Wildman–Crippen LogP) is 2.83. The zero-order valence-corrected chi connectivity index (χ0v) is 11.1. The maximum Gasteiger partial charge on any atom is 0.354 e. The third-order valence-corrected chi connectivity index (χ3v) is 3.35. The van der Waals surface area contributed by atoms with Gasteiger partial charge in [-0.05, 0) is 23.8 Å². The Morgan fingerprint density at radius 2 is 2.05 bits per heavy atom. The van der Waals surface area contributed by atoms with E-state index in [0.717, 1.165) is 10.9 Å². The topological polar surface area (TPSA) is 68.0 Å². The summed E-state index contributed by atoms with van der Waals surface area (Å²) in [4.78, 5) is 15.1. The fraction of sp³-hybridized carbons (Fsp3) is 0.0714. The lowest BCUT2D eigenvalue weighted by molar-refractivity contribution is 0.0691. The number of rotatable bonds is 3. The number of carbonyl (C=O) groups is 1. The number of fused-ring (bicyclic) bond motifs is 1. The lowest BCUT2D eigenvalue weighted by Gasteiger charge is -2.05. The van der Waals surface area contributed by atoms with Crippen molar-refractivity contribution in [3.05, 3.63) is 58.9 Å².